The number of hydrogen-bond donors (Lipinski definition) is 2. The molecule has 1 amide bonds. The second-order valence-corrected chi connectivity index (χ2v) is 5.36. The first-order valence-electron chi connectivity index (χ1n) is 6.80. The Kier molecular flexibility index (Phi) is 3.52. The maximum Gasteiger partial charge on any atom is 0.240 e. The number of carbonyl (C=O) groups is 1. The first-order valence-corrected chi connectivity index (χ1v) is 6.80. The van der Waals surface area contributed by atoms with Gasteiger partial charge in [0.15, 0.2) is 0 Å². The summed E-state index contributed by atoms with van der Waals surface area (Å²) in [6.45, 7) is 3.10. The molecule has 0 spiro atoms. The summed E-state index contributed by atoms with van der Waals surface area (Å²) < 4.78 is 5.17. The molecule has 0 bridgehead atoms. The van der Waals surface area contributed by atoms with Gasteiger partial charge >= 0.3 is 0 Å². The second-order valence-electron chi connectivity index (χ2n) is 5.36. The number of carbonyl (C=O) groups excluding carboxylic acids is 1. The van der Waals surface area contributed by atoms with E-state index < -0.39 is 0 Å². The van der Waals surface area contributed by atoms with Crippen LogP contribution in [0, 0.1) is 5.92 Å². The number of aromatic amines is 1. The zero-order valence-corrected chi connectivity index (χ0v) is 11.2. The van der Waals surface area contributed by atoms with Crippen LogP contribution in [0.2, 0.25) is 0 Å². The Balaban J connectivity index is 1.60. The Morgan fingerprint density at radius 1 is 1.63 bits per heavy atom. The second kappa shape index (κ2) is 5.30. The van der Waals surface area contributed by atoms with Crippen molar-refractivity contribution in [3.63, 3.8) is 0 Å². The van der Waals surface area contributed by atoms with Crippen LogP contribution in [0.1, 0.15) is 17.8 Å². The minimum absolute atomic E-state index is 0.128. The molecule has 1 fully saturated rings. The lowest BCUT2D eigenvalue weighted by Crippen LogP contribution is -2.48. The molecule has 2 aliphatic rings. The van der Waals surface area contributed by atoms with Crippen molar-refractivity contribution < 1.29 is 9.53 Å². The van der Waals surface area contributed by atoms with Crippen LogP contribution in [0.3, 0.4) is 0 Å². The van der Waals surface area contributed by atoms with Crippen LogP contribution in [0.5, 0.6) is 0 Å². The number of fused-ring (bicyclic) bond motifs is 1. The molecule has 0 aromatic carbocycles. The van der Waals surface area contributed by atoms with E-state index in [0.717, 1.165) is 37.5 Å². The molecule has 1 aromatic rings. The predicted octanol–water partition coefficient (Wildman–Crippen LogP) is -0.0811. The number of rotatable bonds is 3. The van der Waals surface area contributed by atoms with Gasteiger partial charge in [0.2, 0.25) is 5.91 Å². The molecular formula is C13H20N4O2. The Morgan fingerprint density at radius 3 is 3.37 bits per heavy atom. The average molecular weight is 264 g/mol. The molecule has 3 heterocycles. The highest BCUT2D eigenvalue weighted by Gasteiger charge is 2.33. The Bertz CT molecular complexity index is 459. The Hall–Kier alpha value is -1.40. The molecule has 6 nitrogen and oxygen atoms in total. The van der Waals surface area contributed by atoms with Gasteiger partial charge in [-0.05, 0) is 6.42 Å². The van der Waals surface area contributed by atoms with Crippen LogP contribution in [0.4, 0.5) is 0 Å². The molecule has 3 rings (SSSR count). The van der Waals surface area contributed by atoms with Gasteiger partial charge in [0.1, 0.15) is 0 Å². The van der Waals surface area contributed by atoms with E-state index in [-0.39, 0.29) is 11.9 Å². The number of methoxy groups -OCH3 is 1. The van der Waals surface area contributed by atoms with Gasteiger partial charge in [-0.25, -0.2) is 4.98 Å². The van der Waals surface area contributed by atoms with Gasteiger partial charge in [-0.3, -0.25) is 10.1 Å². The van der Waals surface area contributed by atoms with E-state index in [4.69, 9.17) is 4.74 Å². The molecule has 2 N–H and O–H groups in total. The molecule has 2 aliphatic heterocycles. The predicted molar refractivity (Wildman–Crippen MR) is 69.5 cm³/mol. The summed E-state index contributed by atoms with van der Waals surface area (Å²) in [4.78, 5) is 21.8. The van der Waals surface area contributed by atoms with Crippen molar-refractivity contribution in [2.45, 2.75) is 25.4 Å². The first kappa shape index (κ1) is 12.6. The number of aromatic nitrogens is 2. The van der Waals surface area contributed by atoms with E-state index in [0.29, 0.717) is 18.9 Å². The van der Waals surface area contributed by atoms with Crippen LogP contribution < -0.4 is 5.32 Å². The van der Waals surface area contributed by atoms with Crippen molar-refractivity contribution >= 4 is 5.91 Å². The highest BCUT2D eigenvalue weighted by molar-refractivity contribution is 5.82. The molecular weight excluding hydrogens is 244 g/mol. The topological polar surface area (TPSA) is 70.2 Å². The Labute approximate surface area is 112 Å². The summed E-state index contributed by atoms with van der Waals surface area (Å²) >= 11 is 0. The zero-order chi connectivity index (χ0) is 13.2. The summed E-state index contributed by atoms with van der Waals surface area (Å²) in [6.07, 6.45) is 3.42. The fraction of sp³-hybridized carbons (Fsp3) is 0.692. The minimum atomic E-state index is -0.128. The first-order chi connectivity index (χ1) is 9.28. The SMILES string of the molecule is COCC1CCN(C(=O)C2Cc3nc[nH]c3CN2)C1. The van der Waals surface area contributed by atoms with Gasteiger partial charge in [-0.2, -0.15) is 0 Å². The Morgan fingerprint density at radius 2 is 2.53 bits per heavy atom. The standard InChI is InChI=1S/C13H20N4O2/c1-19-7-9-2-3-17(6-9)13(18)11-4-10-12(5-14-11)16-8-15-10/h8-9,11,14H,2-7H2,1H3,(H,15,16). The number of amides is 1. The molecule has 2 unspecified atom stereocenters. The molecule has 19 heavy (non-hydrogen) atoms. The number of likely N-dealkylation sites (tertiary alicyclic amines) is 1. The molecule has 0 saturated carbocycles. The fourth-order valence-electron chi connectivity index (χ4n) is 2.97. The van der Waals surface area contributed by atoms with Crippen LogP contribution in [0.25, 0.3) is 0 Å². The smallest absolute Gasteiger partial charge is 0.240 e. The monoisotopic (exact) mass is 264 g/mol. The number of H-pyrrole nitrogens is 1. The van der Waals surface area contributed by atoms with E-state index in [2.05, 4.69) is 15.3 Å². The largest absolute Gasteiger partial charge is 0.384 e. The number of nitrogens with zero attached hydrogens (tertiary/aromatic N) is 2. The number of nitrogens with one attached hydrogen (secondary N) is 2. The van der Waals surface area contributed by atoms with E-state index in [1.54, 1.807) is 13.4 Å². The van der Waals surface area contributed by atoms with E-state index >= 15 is 0 Å². The van der Waals surface area contributed by atoms with Gasteiger partial charge in [0, 0.05) is 39.1 Å². The third kappa shape index (κ3) is 2.50. The number of imidazole rings is 1. The van der Waals surface area contributed by atoms with Crippen molar-refractivity contribution in [1.29, 1.82) is 0 Å². The maximum atomic E-state index is 12.5. The molecule has 1 aromatic heterocycles. The van der Waals surface area contributed by atoms with Gasteiger partial charge in [0.25, 0.3) is 0 Å². The third-order valence-corrected chi connectivity index (χ3v) is 4.03. The van der Waals surface area contributed by atoms with Crippen molar-refractivity contribution in [2.75, 3.05) is 26.8 Å². The van der Waals surface area contributed by atoms with Gasteiger partial charge in [0.05, 0.1) is 30.4 Å². The quantitative estimate of drug-likeness (QED) is 0.801. The van der Waals surface area contributed by atoms with Crippen molar-refractivity contribution in [2.24, 2.45) is 5.92 Å². The molecule has 1 saturated heterocycles. The summed E-state index contributed by atoms with van der Waals surface area (Å²) in [7, 11) is 1.71. The fourth-order valence-corrected chi connectivity index (χ4v) is 2.97. The molecule has 104 valence electrons. The molecule has 2 atom stereocenters. The van der Waals surface area contributed by atoms with Gasteiger partial charge in [-0.1, -0.05) is 0 Å². The highest BCUT2D eigenvalue weighted by Crippen LogP contribution is 2.20. The third-order valence-electron chi connectivity index (χ3n) is 4.03. The van der Waals surface area contributed by atoms with Crippen LogP contribution in [0.15, 0.2) is 6.33 Å². The van der Waals surface area contributed by atoms with E-state index in [1.165, 1.54) is 0 Å². The normalized spacial score (nSPS) is 26.5. The van der Waals surface area contributed by atoms with Crippen molar-refractivity contribution in [3.05, 3.63) is 17.7 Å². The minimum Gasteiger partial charge on any atom is -0.384 e. The highest BCUT2D eigenvalue weighted by atomic mass is 16.5. The average Bonchev–Trinajstić information content (AvgIpc) is 3.05. The summed E-state index contributed by atoms with van der Waals surface area (Å²) in [5.41, 5.74) is 2.12. The zero-order valence-electron chi connectivity index (χ0n) is 11.2. The number of hydrogen-bond acceptors (Lipinski definition) is 4. The van der Waals surface area contributed by atoms with Crippen molar-refractivity contribution in [3.8, 4) is 0 Å². The molecule has 6 heteroatoms. The van der Waals surface area contributed by atoms with Crippen LogP contribution in [-0.4, -0.2) is 53.6 Å². The summed E-state index contributed by atoms with van der Waals surface area (Å²) in [6, 6.07) is -0.128. The van der Waals surface area contributed by atoms with Crippen LogP contribution in [-0.2, 0) is 22.5 Å². The summed E-state index contributed by atoms with van der Waals surface area (Å²) in [5.74, 6) is 0.686. The van der Waals surface area contributed by atoms with Crippen LogP contribution >= 0.6 is 0 Å². The van der Waals surface area contributed by atoms with Gasteiger partial charge in [-0.15, -0.1) is 0 Å². The molecule has 0 aliphatic carbocycles. The van der Waals surface area contributed by atoms with E-state index in [1.807, 2.05) is 4.90 Å². The molecule has 0 radical (unpaired) electrons. The summed E-state index contributed by atoms with van der Waals surface area (Å²) in [5, 5.41) is 3.29. The van der Waals surface area contributed by atoms with E-state index in [9.17, 15) is 4.79 Å². The lowest BCUT2D eigenvalue weighted by molar-refractivity contribution is -0.132. The number of ether oxygens (including phenoxy) is 1. The van der Waals surface area contributed by atoms with Crippen molar-refractivity contribution in [1.82, 2.24) is 20.2 Å². The lowest BCUT2D eigenvalue weighted by Gasteiger charge is -2.27. The van der Waals surface area contributed by atoms with Gasteiger partial charge < -0.3 is 14.6 Å². The maximum absolute atomic E-state index is 12.5. The lowest BCUT2D eigenvalue weighted by atomic mass is 10.0.